The smallest absolute Gasteiger partial charge is 0.309 e. The summed E-state index contributed by atoms with van der Waals surface area (Å²) < 4.78 is 4.88. The topological polar surface area (TPSA) is 52.3 Å². The maximum atomic E-state index is 11.6. The molecule has 4 heteroatoms. The predicted molar refractivity (Wildman–Crippen MR) is 60.7 cm³/mol. The van der Waals surface area contributed by atoms with Crippen LogP contribution in [0.5, 0.6) is 0 Å². The molecule has 2 aliphatic rings. The van der Waals surface area contributed by atoms with Crippen LogP contribution in [0.1, 0.15) is 25.7 Å². The zero-order valence-corrected chi connectivity index (χ0v) is 9.96. The number of esters is 1. The maximum absolute atomic E-state index is 11.6. The van der Waals surface area contributed by atoms with Gasteiger partial charge in [-0.25, -0.2) is 0 Å². The van der Waals surface area contributed by atoms with Gasteiger partial charge in [0, 0.05) is 0 Å². The number of ether oxygens (including phenoxy) is 1. The zero-order chi connectivity index (χ0) is 10.1. The molecule has 2 N–H and O–H groups in total. The minimum atomic E-state index is -0.00403. The lowest BCUT2D eigenvalue weighted by Gasteiger charge is -2.28. The molecule has 2 rings (SSSR count). The van der Waals surface area contributed by atoms with Crippen LogP contribution in [0.3, 0.4) is 0 Å². The molecule has 0 saturated heterocycles. The van der Waals surface area contributed by atoms with Crippen LogP contribution in [-0.2, 0) is 9.53 Å². The Morgan fingerprint density at radius 1 is 1.40 bits per heavy atom. The van der Waals surface area contributed by atoms with Crippen LogP contribution in [0.25, 0.3) is 0 Å². The SMILES string of the molecule is COC(=O)C1C2CCC(C2)C1CCN.Cl. The van der Waals surface area contributed by atoms with Gasteiger partial charge in [-0.05, 0) is 50.0 Å². The Bertz CT molecular complexity index is 235. The van der Waals surface area contributed by atoms with Gasteiger partial charge in [-0.1, -0.05) is 0 Å². The summed E-state index contributed by atoms with van der Waals surface area (Å²) in [6, 6.07) is 0. The molecule has 2 bridgehead atoms. The molecule has 2 aliphatic carbocycles. The second kappa shape index (κ2) is 5.17. The van der Waals surface area contributed by atoms with Crippen molar-refractivity contribution in [2.75, 3.05) is 13.7 Å². The zero-order valence-electron chi connectivity index (χ0n) is 9.15. The number of nitrogens with two attached hydrogens (primary N) is 1. The summed E-state index contributed by atoms with van der Waals surface area (Å²) in [5, 5.41) is 0. The van der Waals surface area contributed by atoms with Crippen LogP contribution in [-0.4, -0.2) is 19.6 Å². The fourth-order valence-electron chi connectivity index (χ4n) is 3.52. The van der Waals surface area contributed by atoms with E-state index in [4.69, 9.17) is 10.5 Å². The molecule has 88 valence electrons. The van der Waals surface area contributed by atoms with E-state index in [1.807, 2.05) is 0 Å². The van der Waals surface area contributed by atoms with Crippen molar-refractivity contribution in [1.29, 1.82) is 0 Å². The van der Waals surface area contributed by atoms with Crippen molar-refractivity contribution < 1.29 is 9.53 Å². The third kappa shape index (κ3) is 2.13. The molecule has 15 heavy (non-hydrogen) atoms. The molecule has 2 saturated carbocycles. The fraction of sp³-hybridized carbons (Fsp3) is 0.909. The van der Waals surface area contributed by atoms with E-state index in [1.165, 1.54) is 26.4 Å². The van der Waals surface area contributed by atoms with Crippen LogP contribution in [0, 0.1) is 23.7 Å². The standard InChI is InChI=1S/C11H19NO2.ClH/c1-14-11(13)10-8-3-2-7(6-8)9(10)4-5-12;/h7-10H,2-6,12H2,1H3;1H. The van der Waals surface area contributed by atoms with Gasteiger partial charge >= 0.3 is 5.97 Å². The number of halogens is 1. The van der Waals surface area contributed by atoms with Gasteiger partial charge in [0.15, 0.2) is 0 Å². The first kappa shape index (κ1) is 12.8. The average molecular weight is 234 g/mol. The van der Waals surface area contributed by atoms with Crippen LogP contribution in [0.15, 0.2) is 0 Å². The van der Waals surface area contributed by atoms with Gasteiger partial charge in [0.1, 0.15) is 0 Å². The molecule has 0 radical (unpaired) electrons. The van der Waals surface area contributed by atoms with E-state index in [0.29, 0.717) is 18.4 Å². The molecule has 0 aromatic heterocycles. The van der Waals surface area contributed by atoms with Crippen LogP contribution < -0.4 is 5.73 Å². The maximum Gasteiger partial charge on any atom is 0.309 e. The number of methoxy groups -OCH3 is 1. The summed E-state index contributed by atoms with van der Waals surface area (Å²) in [6.45, 7) is 0.696. The molecule has 0 aliphatic heterocycles. The quantitative estimate of drug-likeness (QED) is 0.754. The molecule has 0 spiro atoms. The Morgan fingerprint density at radius 2 is 2.07 bits per heavy atom. The van der Waals surface area contributed by atoms with E-state index in [-0.39, 0.29) is 24.3 Å². The monoisotopic (exact) mass is 233 g/mol. The number of carbonyl (C=O) groups is 1. The average Bonchev–Trinajstić information content (AvgIpc) is 2.77. The van der Waals surface area contributed by atoms with Crippen LogP contribution in [0.2, 0.25) is 0 Å². The predicted octanol–water partition coefficient (Wildman–Crippen LogP) is 1.59. The highest BCUT2D eigenvalue weighted by Gasteiger charge is 2.50. The van der Waals surface area contributed by atoms with Gasteiger partial charge in [0.2, 0.25) is 0 Å². The Balaban J connectivity index is 0.00000112. The summed E-state index contributed by atoms with van der Waals surface area (Å²) >= 11 is 0. The van der Waals surface area contributed by atoms with E-state index in [9.17, 15) is 4.79 Å². The minimum Gasteiger partial charge on any atom is -0.469 e. The number of hydrogen-bond donors (Lipinski definition) is 1. The third-order valence-corrected chi connectivity index (χ3v) is 4.06. The molecule has 0 aromatic rings. The molecular formula is C11H20ClNO2. The lowest BCUT2D eigenvalue weighted by atomic mass is 9.77. The van der Waals surface area contributed by atoms with Crippen LogP contribution >= 0.6 is 12.4 Å². The first-order valence-corrected chi connectivity index (χ1v) is 5.55. The van der Waals surface area contributed by atoms with Crippen molar-refractivity contribution in [2.45, 2.75) is 25.7 Å². The third-order valence-electron chi connectivity index (χ3n) is 4.06. The summed E-state index contributed by atoms with van der Waals surface area (Å²) in [5.41, 5.74) is 5.59. The molecule has 4 atom stereocenters. The molecule has 0 heterocycles. The van der Waals surface area contributed by atoms with Crippen molar-refractivity contribution in [3.8, 4) is 0 Å². The van der Waals surface area contributed by atoms with E-state index in [1.54, 1.807) is 0 Å². The van der Waals surface area contributed by atoms with Crippen molar-refractivity contribution in [3.63, 3.8) is 0 Å². The van der Waals surface area contributed by atoms with E-state index in [2.05, 4.69) is 0 Å². The number of hydrogen-bond acceptors (Lipinski definition) is 3. The summed E-state index contributed by atoms with van der Waals surface area (Å²) in [6.07, 6.45) is 4.72. The van der Waals surface area contributed by atoms with Crippen LogP contribution in [0.4, 0.5) is 0 Å². The normalized spacial score (nSPS) is 37.5. The Hall–Kier alpha value is -0.280. The first-order valence-electron chi connectivity index (χ1n) is 5.55. The van der Waals surface area contributed by atoms with Gasteiger partial charge in [0.25, 0.3) is 0 Å². The van der Waals surface area contributed by atoms with Crippen molar-refractivity contribution in [3.05, 3.63) is 0 Å². The first-order chi connectivity index (χ1) is 6.77. The van der Waals surface area contributed by atoms with Crippen molar-refractivity contribution in [1.82, 2.24) is 0 Å². The van der Waals surface area contributed by atoms with Crippen molar-refractivity contribution >= 4 is 18.4 Å². The summed E-state index contributed by atoms with van der Waals surface area (Å²) in [5.74, 6) is 1.99. The number of carbonyl (C=O) groups excluding carboxylic acids is 1. The Kier molecular flexibility index (Phi) is 4.41. The lowest BCUT2D eigenvalue weighted by molar-refractivity contribution is -0.149. The van der Waals surface area contributed by atoms with E-state index >= 15 is 0 Å². The molecular weight excluding hydrogens is 214 g/mol. The second-order valence-electron chi connectivity index (χ2n) is 4.62. The van der Waals surface area contributed by atoms with E-state index in [0.717, 1.165) is 12.3 Å². The van der Waals surface area contributed by atoms with Gasteiger partial charge in [-0.15, -0.1) is 12.4 Å². The van der Waals surface area contributed by atoms with Gasteiger partial charge in [-0.2, -0.15) is 0 Å². The molecule has 3 nitrogen and oxygen atoms in total. The minimum absolute atomic E-state index is 0. The summed E-state index contributed by atoms with van der Waals surface area (Å²) in [7, 11) is 1.49. The lowest BCUT2D eigenvalue weighted by Crippen LogP contribution is -2.31. The van der Waals surface area contributed by atoms with Crippen molar-refractivity contribution in [2.24, 2.45) is 29.4 Å². The fourth-order valence-corrected chi connectivity index (χ4v) is 3.52. The van der Waals surface area contributed by atoms with Gasteiger partial charge < -0.3 is 10.5 Å². The molecule has 4 unspecified atom stereocenters. The highest BCUT2D eigenvalue weighted by molar-refractivity contribution is 5.85. The highest BCUT2D eigenvalue weighted by atomic mass is 35.5. The molecule has 0 amide bonds. The Labute approximate surface area is 97.1 Å². The second-order valence-corrected chi connectivity index (χ2v) is 4.62. The van der Waals surface area contributed by atoms with Gasteiger partial charge in [-0.3, -0.25) is 4.79 Å². The largest absolute Gasteiger partial charge is 0.469 e. The van der Waals surface area contributed by atoms with E-state index < -0.39 is 0 Å². The number of rotatable bonds is 3. The number of fused-ring (bicyclic) bond motifs is 2. The van der Waals surface area contributed by atoms with Gasteiger partial charge in [0.05, 0.1) is 13.0 Å². The molecule has 0 aromatic carbocycles. The highest BCUT2D eigenvalue weighted by Crippen LogP contribution is 2.53. The Morgan fingerprint density at radius 3 is 2.67 bits per heavy atom. The molecule has 2 fully saturated rings. The summed E-state index contributed by atoms with van der Waals surface area (Å²) in [4.78, 5) is 11.6.